The van der Waals surface area contributed by atoms with E-state index in [1.54, 1.807) is 0 Å². The molecule has 5 nitrogen and oxygen atoms in total. The lowest BCUT2D eigenvalue weighted by Crippen LogP contribution is -2.41. The van der Waals surface area contributed by atoms with Gasteiger partial charge in [0, 0.05) is 11.6 Å². The van der Waals surface area contributed by atoms with E-state index in [1.165, 1.54) is 0 Å². The van der Waals surface area contributed by atoms with Crippen LogP contribution in [-0.2, 0) is 22.5 Å². The Balaban J connectivity index is 1.38. The monoisotopic (exact) mass is 493 g/mol. The van der Waals surface area contributed by atoms with Crippen LogP contribution in [0.1, 0.15) is 38.8 Å². The highest BCUT2D eigenvalue weighted by Crippen LogP contribution is 2.37. The van der Waals surface area contributed by atoms with Gasteiger partial charge in [0.05, 0.1) is 11.2 Å². The maximum absolute atomic E-state index is 6.21. The topological polar surface area (TPSA) is 49.8 Å². The standard InChI is InChI=1S/C31H32BNO4/c1-30(2)31(3,4)37-32(36-30)26-17-15-25(16-18-26)27-19-20-28(34-21-23-11-7-5-8-12-23)33-29(27)35-22-24-13-9-6-10-14-24/h5-20H,21-22H2,1-4H3. The Morgan fingerprint density at radius 1 is 0.649 bits per heavy atom. The van der Waals surface area contributed by atoms with Crippen molar-refractivity contribution in [3.63, 3.8) is 0 Å². The lowest BCUT2D eigenvalue weighted by atomic mass is 9.78. The Morgan fingerprint density at radius 3 is 1.76 bits per heavy atom. The number of benzene rings is 3. The third-order valence-electron chi connectivity index (χ3n) is 7.03. The SMILES string of the molecule is CC1(C)OB(c2ccc(-c3ccc(OCc4ccccc4)nc3OCc3ccccc3)cc2)OC1(C)C. The van der Waals surface area contributed by atoms with Crippen LogP contribution >= 0.6 is 0 Å². The van der Waals surface area contributed by atoms with Crippen molar-refractivity contribution >= 4 is 12.6 Å². The number of hydrogen-bond donors (Lipinski definition) is 0. The number of hydrogen-bond acceptors (Lipinski definition) is 5. The summed E-state index contributed by atoms with van der Waals surface area (Å²) < 4.78 is 24.6. The van der Waals surface area contributed by atoms with Gasteiger partial charge >= 0.3 is 7.12 Å². The molecule has 5 rings (SSSR count). The van der Waals surface area contributed by atoms with Gasteiger partial charge in [-0.25, -0.2) is 0 Å². The lowest BCUT2D eigenvalue weighted by Gasteiger charge is -2.32. The molecule has 0 atom stereocenters. The van der Waals surface area contributed by atoms with Crippen molar-refractivity contribution in [3.8, 4) is 22.9 Å². The minimum absolute atomic E-state index is 0.381. The second kappa shape index (κ2) is 10.4. The van der Waals surface area contributed by atoms with Crippen molar-refractivity contribution < 1.29 is 18.8 Å². The van der Waals surface area contributed by atoms with E-state index in [0.717, 1.165) is 27.7 Å². The van der Waals surface area contributed by atoms with Gasteiger partial charge in [-0.05, 0) is 55.9 Å². The molecule has 2 heterocycles. The normalized spacial score (nSPS) is 15.9. The third kappa shape index (κ3) is 5.71. The zero-order chi connectivity index (χ0) is 25.9. The molecule has 6 heteroatoms. The molecule has 0 amide bonds. The fourth-order valence-corrected chi connectivity index (χ4v) is 4.09. The molecular weight excluding hydrogens is 461 g/mol. The quantitative estimate of drug-likeness (QED) is 0.274. The van der Waals surface area contributed by atoms with Crippen molar-refractivity contribution in [2.75, 3.05) is 0 Å². The van der Waals surface area contributed by atoms with E-state index >= 15 is 0 Å². The minimum atomic E-state index is -0.403. The summed E-state index contributed by atoms with van der Waals surface area (Å²) in [6, 6.07) is 32.2. The van der Waals surface area contributed by atoms with E-state index in [2.05, 4.69) is 39.8 Å². The Hall–Kier alpha value is -3.61. The smallest absolute Gasteiger partial charge is 0.473 e. The van der Waals surface area contributed by atoms with Gasteiger partial charge in [-0.3, -0.25) is 0 Å². The van der Waals surface area contributed by atoms with Gasteiger partial charge in [-0.15, -0.1) is 0 Å². The van der Waals surface area contributed by atoms with Crippen molar-refractivity contribution in [2.45, 2.75) is 52.1 Å². The van der Waals surface area contributed by atoms with Crippen LogP contribution in [0.4, 0.5) is 0 Å². The first-order valence-electron chi connectivity index (χ1n) is 12.6. The molecule has 0 unspecified atom stereocenters. The third-order valence-corrected chi connectivity index (χ3v) is 7.03. The molecule has 4 aromatic rings. The van der Waals surface area contributed by atoms with Crippen molar-refractivity contribution in [2.24, 2.45) is 0 Å². The summed E-state index contributed by atoms with van der Waals surface area (Å²) in [5.74, 6) is 1.04. The van der Waals surface area contributed by atoms with Crippen LogP contribution in [0.5, 0.6) is 11.8 Å². The first-order chi connectivity index (χ1) is 17.8. The maximum atomic E-state index is 6.21. The lowest BCUT2D eigenvalue weighted by molar-refractivity contribution is 0.00578. The van der Waals surface area contributed by atoms with Crippen LogP contribution in [0, 0.1) is 0 Å². The van der Waals surface area contributed by atoms with Gasteiger partial charge in [0.2, 0.25) is 11.8 Å². The molecule has 0 radical (unpaired) electrons. The van der Waals surface area contributed by atoms with Crippen LogP contribution in [0.3, 0.4) is 0 Å². The summed E-state index contributed by atoms with van der Waals surface area (Å²) in [4.78, 5) is 4.72. The predicted octanol–water partition coefficient (Wildman–Crippen LogP) is 6.21. The fourth-order valence-electron chi connectivity index (χ4n) is 4.09. The summed E-state index contributed by atoms with van der Waals surface area (Å²) in [6.07, 6.45) is 0. The van der Waals surface area contributed by atoms with Gasteiger partial charge in [0.15, 0.2) is 0 Å². The molecule has 1 aliphatic heterocycles. The zero-order valence-corrected chi connectivity index (χ0v) is 21.8. The van der Waals surface area contributed by atoms with Gasteiger partial charge in [0.1, 0.15) is 13.2 Å². The second-order valence-corrected chi connectivity index (χ2v) is 10.3. The van der Waals surface area contributed by atoms with Crippen LogP contribution in [0.15, 0.2) is 97.1 Å². The first kappa shape index (κ1) is 25.1. The summed E-state index contributed by atoms with van der Waals surface area (Å²) in [5.41, 5.74) is 4.25. The van der Waals surface area contributed by atoms with Crippen molar-refractivity contribution in [1.82, 2.24) is 4.98 Å². The molecule has 0 aliphatic carbocycles. The molecule has 37 heavy (non-hydrogen) atoms. The van der Waals surface area contributed by atoms with Gasteiger partial charge in [-0.2, -0.15) is 4.98 Å². The number of pyridine rings is 1. The first-order valence-corrected chi connectivity index (χ1v) is 12.6. The van der Waals surface area contributed by atoms with Gasteiger partial charge in [0.25, 0.3) is 0 Å². The molecule has 1 saturated heterocycles. The van der Waals surface area contributed by atoms with E-state index in [4.69, 9.17) is 23.8 Å². The number of nitrogens with zero attached hydrogens (tertiary/aromatic N) is 1. The van der Waals surface area contributed by atoms with Gasteiger partial charge in [-0.1, -0.05) is 84.9 Å². The average Bonchev–Trinajstić information content (AvgIpc) is 3.14. The van der Waals surface area contributed by atoms with Gasteiger partial charge < -0.3 is 18.8 Å². The van der Waals surface area contributed by atoms with Crippen molar-refractivity contribution in [3.05, 3.63) is 108 Å². The Bertz CT molecular complexity index is 1310. The van der Waals surface area contributed by atoms with Crippen molar-refractivity contribution in [1.29, 1.82) is 0 Å². The molecule has 1 aliphatic rings. The number of rotatable bonds is 8. The molecule has 0 N–H and O–H groups in total. The van der Waals surface area contributed by atoms with E-state index in [9.17, 15) is 0 Å². The Labute approximate surface area is 219 Å². The van der Waals surface area contributed by atoms with Crippen LogP contribution in [0.2, 0.25) is 0 Å². The molecule has 1 aromatic heterocycles. The Kier molecular flexibility index (Phi) is 7.05. The summed E-state index contributed by atoms with van der Waals surface area (Å²) in [6.45, 7) is 9.09. The Morgan fingerprint density at radius 2 is 1.19 bits per heavy atom. The molecule has 0 saturated carbocycles. The highest BCUT2D eigenvalue weighted by molar-refractivity contribution is 6.62. The van der Waals surface area contributed by atoms with E-state index in [-0.39, 0.29) is 11.2 Å². The highest BCUT2D eigenvalue weighted by atomic mass is 16.7. The summed E-state index contributed by atoms with van der Waals surface area (Å²) in [5, 5.41) is 0. The molecule has 0 spiro atoms. The van der Waals surface area contributed by atoms with Crippen LogP contribution < -0.4 is 14.9 Å². The van der Waals surface area contributed by atoms with Crippen LogP contribution in [-0.4, -0.2) is 23.3 Å². The van der Waals surface area contributed by atoms with E-state index < -0.39 is 7.12 Å². The fraction of sp³-hybridized carbons (Fsp3) is 0.258. The summed E-state index contributed by atoms with van der Waals surface area (Å²) >= 11 is 0. The molecular formula is C31H32BNO4. The van der Waals surface area contributed by atoms with E-state index in [1.807, 2.05) is 84.9 Å². The van der Waals surface area contributed by atoms with Crippen LogP contribution in [0.25, 0.3) is 11.1 Å². The predicted molar refractivity (Wildman–Crippen MR) is 147 cm³/mol. The second-order valence-electron chi connectivity index (χ2n) is 10.3. The van der Waals surface area contributed by atoms with E-state index in [0.29, 0.717) is 25.0 Å². The molecule has 1 fully saturated rings. The number of aromatic nitrogens is 1. The summed E-state index contributed by atoms with van der Waals surface area (Å²) in [7, 11) is -0.403. The minimum Gasteiger partial charge on any atom is -0.473 e. The molecule has 188 valence electrons. The highest BCUT2D eigenvalue weighted by Gasteiger charge is 2.51. The largest absolute Gasteiger partial charge is 0.494 e. The molecule has 0 bridgehead atoms. The zero-order valence-electron chi connectivity index (χ0n) is 21.8. The average molecular weight is 493 g/mol. The number of ether oxygens (including phenoxy) is 2. The molecule has 3 aromatic carbocycles. The maximum Gasteiger partial charge on any atom is 0.494 e.